The summed E-state index contributed by atoms with van der Waals surface area (Å²) in [6, 6.07) is 5.88. The van der Waals surface area contributed by atoms with Crippen molar-refractivity contribution in [2.75, 3.05) is 17.5 Å². The Labute approximate surface area is 174 Å². The summed E-state index contributed by atoms with van der Waals surface area (Å²) in [5.74, 6) is 0. The molecule has 1 aromatic rings. The van der Waals surface area contributed by atoms with Crippen LogP contribution in [0.2, 0.25) is 10.0 Å². The second-order valence-electron chi connectivity index (χ2n) is 7.71. The van der Waals surface area contributed by atoms with Gasteiger partial charge in [-0.25, -0.2) is 4.79 Å². The molecule has 0 bridgehead atoms. The maximum atomic E-state index is 12.6. The monoisotopic (exact) mass is 497 g/mol. The molecule has 1 aliphatic rings. The van der Waals surface area contributed by atoms with Crippen molar-refractivity contribution in [2.45, 2.75) is 57.5 Å². The van der Waals surface area contributed by atoms with Crippen LogP contribution in [0.4, 0.5) is 4.79 Å². The summed E-state index contributed by atoms with van der Waals surface area (Å²) >= 11 is 14.8. The minimum Gasteiger partial charge on any atom is -0.444 e. The van der Waals surface area contributed by atoms with Gasteiger partial charge in [0.05, 0.1) is 10.0 Å². The molecule has 1 heterocycles. The predicted octanol–water partition coefficient (Wildman–Crippen LogP) is 6.48. The molecule has 0 radical (unpaired) electrons. The average molecular weight is 498 g/mol. The molecular weight excluding hydrogens is 472 g/mol. The number of carbonyl (C=O) groups is 1. The lowest BCUT2D eigenvalue weighted by molar-refractivity contribution is 0.0126. The SMILES string of the molecule is CC(C)(C)OC(=O)N1CCC[C@](CCCI)(c2ccc(Cl)c(Cl)c2)C1. The number of halogens is 3. The van der Waals surface area contributed by atoms with Gasteiger partial charge in [0.2, 0.25) is 0 Å². The lowest BCUT2D eigenvalue weighted by Gasteiger charge is -2.43. The van der Waals surface area contributed by atoms with E-state index in [1.54, 1.807) is 0 Å². The first-order chi connectivity index (χ1) is 11.7. The largest absolute Gasteiger partial charge is 0.444 e. The van der Waals surface area contributed by atoms with Gasteiger partial charge in [-0.2, -0.15) is 0 Å². The molecule has 1 amide bonds. The average Bonchev–Trinajstić information content (AvgIpc) is 2.54. The molecule has 1 fully saturated rings. The number of rotatable bonds is 4. The van der Waals surface area contributed by atoms with Crippen molar-refractivity contribution >= 4 is 51.9 Å². The molecule has 140 valence electrons. The maximum absolute atomic E-state index is 12.6. The van der Waals surface area contributed by atoms with Gasteiger partial charge in [0.25, 0.3) is 0 Å². The molecule has 6 heteroatoms. The van der Waals surface area contributed by atoms with Crippen LogP contribution in [0, 0.1) is 0 Å². The van der Waals surface area contributed by atoms with Crippen molar-refractivity contribution in [3.8, 4) is 0 Å². The Morgan fingerprint density at radius 3 is 2.64 bits per heavy atom. The molecule has 0 spiro atoms. The molecule has 0 unspecified atom stereocenters. The van der Waals surface area contributed by atoms with Crippen LogP contribution in [0.1, 0.15) is 52.0 Å². The number of nitrogens with zero attached hydrogens (tertiary/aromatic N) is 1. The van der Waals surface area contributed by atoms with E-state index < -0.39 is 5.60 Å². The summed E-state index contributed by atoms with van der Waals surface area (Å²) in [6.07, 6.45) is 3.89. The minimum absolute atomic E-state index is 0.0887. The van der Waals surface area contributed by atoms with Crippen molar-refractivity contribution in [1.82, 2.24) is 4.90 Å². The zero-order chi connectivity index (χ0) is 18.7. The van der Waals surface area contributed by atoms with Gasteiger partial charge in [-0.3, -0.25) is 0 Å². The molecule has 1 atom stereocenters. The van der Waals surface area contributed by atoms with E-state index in [1.807, 2.05) is 37.8 Å². The van der Waals surface area contributed by atoms with Crippen LogP contribution in [0.5, 0.6) is 0 Å². The molecule has 0 aliphatic carbocycles. The van der Waals surface area contributed by atoms with E-state index in [9.17, 15) is 4.79 Å². The van der Waals surface area contributed by atoms with Gasteiger partial charge in [-0.15, -0.1) is 0 Å². The molecule has 2 rings (SSSR count). The molecule has 0 N–H and O–H groups in total. The number of hydrogen-bond acceptors (Lipinski definition) is 2. The second kappa shape index (κ2) is 8.66. The van der Waals surface area contributed by atoms with Crippen molar-refractivity contribution < 1.29 is 9.53 Å². The molecule has 0 aromatic heterocycles. The van der Waals surface area contributed by atoms with Gasteiger partial charge in [-0.05, 0) is 68.6 Å². The fourth-order valence-electron chi connectivity index (χ4n) is 3.43. The van der Waals surface area contributed by atoms with Gasteiger partial charge in [0.1, 0.15) is 5.60 Å². The number of amides is 1. The number of alkyl halides is 1. The maximum Gasteiger partial charge on any atom is 0.410 e. The third-order valence-electron chi connectivity index (χ3n) is 4.55. The third kappa shape index (κ3) is 5.64. The predicted molar refractivity (Wildman–Crippen MR) is 113 cm³/mol. The highest BCUT2D eigenvalue weighted by atomic mass is 127. The zero-order valence-electron chi connectivity index (χ0n) is 15.1. The summed E-state index contributed by atoms with van der Waals surface area (Å²) < 4.78 is 6.68. The fraction of sp³-hybridized carbons (Fsp3) is 0.632. The van der Waals surface area contributed by atoms with E-state index in [0.717, 1.165) is 36.7 Å². The van der Waals surface area contributed by atoms with Gasteiger partial charge in [-0.1, -0.05) is 51.9 Å². The number of benzene rings is 1. The van der Waals surface area contributed by atoms with Crippen molar-refractivity contribution in [3.63, 3.8) is 0 Å². The van der Waals surface area contributed by atoms with Crippen LogP contribution >= 0.6 is 45.8 Å². The molecule has 3 nitrogen and oxygen atoms in total. The number of ether oxygens (including phenoxy) is 1. The Morgan fingerprint density at radius 1 is 1.32 bits per heavy atom. The summed E-state index contributed by atoms with van der Waals surface area (Å²) in [4.78, 5) is 14.4. The second-order valence-corrected chi connectivity index (χ2v) is 9.60. The van der Waals surface area contributed by atoms with Crippen LogP contribution in [0.25, 0.3) is 0 Å². The minimum atomic E-state index is -0.483. The summed E-state index contributed by atoms with van der Waals surface area (Å²) in [5.41, 5.74) is 0.595. The van der Waals surface area contributed by atoms with Crippen molar-refractivity contribution in [3.05, 3.63) is 33.8 Å². The van der Waals surface area contributed by atoms with Crippen LogP contribution in [-0.4, -0.2) is 34.1 Å². The van der Waals surface area contributed by atoms with E-state index in [4.69, 9.17) is 27.9 Å². The fourth-order valence-corrected chi connectivity index (χ4v) is 4.11. The highest BCUT2D eigenvalue weighted by Crippen LogP contribution is 2.40. The number of carbonyl (C=O) groups excluding carboxylic acids is 1. The standard InChI is InChI=1S/C19H26Cl2INO2/c1-18(2,3)25-17(24)23-11-5-9-19(13-23,8-4-10-22)14-6-7-15(20)16(21)12-14/h6-7,12H,4-5,8-11,13H2,1-3H3/t19-/m0/s1. The molecule has 1 saturated heterocycles. The smallest absolute Gasteiger partial charge is 0.410 e. The van der Waals surface area contributed by atoms with Gasteiger partial charge >= 0.3 is 6.09 Å². The molecular formula is C19H26Cl2INO2. The third-order valence-corrected chi connectivity index (χ3v) is 6.05. The molecule has 0 saturated carbocycles. The molecule has 25 heavy (non-hydrogen) atoms. The van der Waals surface area contributed by atoms with Crippen LogP contribution in [-0.2, 0) is 10.2 Å². The topological polar surface area (TPSA) is 29.5 Å². The van der Waals surface area contributed by atoms with Crippen LogP contribution in [0.15, 0.2) is 18.2 Å². The highest BCUT2D eigenvalue weighted by Gasteiger charge is 2.39. The van der Waals surface area contributed by atoms with E-state index >= 15 is 0 Å². The quantitative estimate of drug-likeness (QED) is 0.352. The highest BCUT2D eigenvalue weighted by molar-refractivity contribution is 14.1. The first-order valence-corrected chi connectivity index (χ1v) is 10.9. The van der Waals surface area contributed by atoms with Gasteiger partial charge in [0, 0.05) is 18.5 Å². The van der Waals surface area contributed by atoms with E-state index in [2.05, 4.69) is 28.7 Å². The Morgan fingerprint density at radius 2 is 2.04 bits per heavy atom. The number of piperidine rings is 1. The Balaban J connectivity index is 2.29. The summed E-state index contributed by atoms with van der Waals surface area (Å²) in [5, 5.41) is 1.14. The van der Waals surface area contributed by atoms with Crippen LogP contribution < -0.4 is 0 Å². The lowest BCUT2D eigenvalue weighted by Crippen LogP contribution is -2.50. The van der Waals surface area contributed by atoms with Gasteiger partial charge in [0.15, 0.2) is 0 Å². The van der Waals surface area contributed by atoms with Gasteiger partial charge < -0.3 is 9.64 Å². The Kier molecular flexibility index (Phi) is 7.31. The Bertz CT molecular complexity index is 618. The molecule has 1 aromatic carbocycles. The van der Waals surface area contributed by atoms with Crippen molar-refractivity contribution in [2.24, 2.45) is 0 Å². The van der Waals surface area contributed by atoms with E-state index in [0.29, 0.717) is 16.6 Å². The number of hydrogen-bond donors (Lipinski definition) is 0. The van der Waals surface area contributed by atoms with E-state index in [1.165, 1.54) is 5.56 Å². The first kappa shape index (κ1) is 21.1. The van der Waals surface area contributed by atoms with E-state index in [-0.39, 0.29) is 11.5 Å². The van der Waals surface area contributed by atoms with Crippen LogP contribution in [0.3, 0.4) is 0 Å². The number of likely N-dealkylation sites (tertiary alicyclic amines) is 1. The molecule has 1 aliphatic heterocycles. The van der Waals surface area contributed by atoms with Crippen molar-refractivity contribution in [1.29, 1.82) is 0 Å². The normalized spacial score (nSPS) is 21.3. The lowest BCUT2D eigenvalue weighted by atomic mass is 9.71. The zero-order valence-corrected chi connectivity index (χ0v) is 18.7. The first-order valence-electron chi connectivity index (χ1n) is 8.66. The Hall–Kier alpha value is -0.200. The summed E-state index contributed by atoms with van der Waals surface area (Å²) in [6.45, 7) is 7.10. The summed E-state index contributed by atoms with van der Waals surface area (Å²) in [7, 11) is 0.